The van der Waals surface area contributed by atoms with E-state index in [4.69, 9.17) is 0 Å². The van der Waals surface area contributed by atoms with E-state index in [2.05, 4.69) is 52.0 Å². The number of allylic oxidation sites excluding steroid dienone is 4. The van der Waals surface area contributed by atoms with Gasteiger partial charge in [0, 0.05) is 5.92 Å². The third-order valence-electron chi connectivity index (χ3n) is 5.16. The van der Waals surface area contributed by atoms with Crippen molar-refractivity contribution in [1.29, 1.82) is 0 Å². The van der Waals surface area contributed by atoms with Crippen LogP contribution in [0.15, 0.2) is 58.7 Å². The molecule has 4 heteroatoms. The summed E-state index contributed by atoms with van der Waals surface area (Å²) in [5.41, 5.74) is 7.94. The summed E-state index contributed by atoms with van der Waals surface area (Å²) in [6, 6.07) is 12.7. The number of halogens is 2. The molecule has 0 aliphatic heterocycles. The molecule has 24 heavy (non-hydrogen) atoms. The zero-order valence-electron chi connectivity index (χ0n) is 14.5. The predicted octanol–water partition coefficient (Wildman–Crippen LogP) is -0.892. The number of benzene rings is 2. The fourth-order valence-corrected chi connectivity index (χ4v) is 3.62. The van der Waals surface area contributed by atoms with Crippen LogP contribution in [0.2, 0.25) is 0 Å². The van der Waals surface area contributed by atoms with Crippen molar-refractivity contribution < 1.29 is 51.6 Å². The normalized spacial score (nSPS) is 14.4. The number of hydrogen-bond donors (Lipinski definition) is 1. The van der Waals surface area contributed by atoms with Gasteiger partial charge in [0.15, 0.2) is 0 Å². The van der Waals surface area contributed by atoms with Crippen molar-refractivity contribution in [3.8, 4) is 0 Å². The standard InChI is InChI=1S/C20H22O.2ClH.Ti/c1-12-13(2)15(4)20(14(12)3)18-10-9-16-7-5-6-8-17(16)19(18)11-21;;;/h5-10,20-21H,11H2,1-4H3;2*1H;/q;;;+2/p-2. The Bertz CT molecular complexity index is 769. The zero-order valence-corrected chi connectivity index (χ0v) is 17.5. The molecule has 0 aromatic heterocycles. The van der Waals surface area contributed by atoms with E-state index in [1.807, 2.05) is 12.1 Å². The minimum Gasteiger partial charge on any atom is -1.00 e. The SMILES string of the molecule is CC1=C(C)C(c2ccc3ccccc3c2CO)C(C)=C1C.[Cl-].[Cl-].[Ti+2]. The van der Waals surface area contributed by atoms with E-state index in [1.54, 1.807) is 0 Å². The van der Waals surface area contributed by atoms with E-state index >= 15 is 0 Å². The van der Waals surface area contributed by atoms with Crippen LogP contribution in [-0.4, -0.2) is 5.11 Å². The van der Waals surface area contributed by atoms with Crippen LogP contribution in [0.3, 0.4) is 0 Å². The fourth-order valence-electron chi connectivity index (χ4n) is 3.62. The molecular formula is C20H22Cl2OTi. The second-order valence-electron chi connectivity index (χ2n) is 6.06. The molecule has 2 aromatic rings. The van der Waals surface area contributed by atoms with Gasteiger partial charge >= 0.3 is 21.7 Å². The van der Waals surface area contributed by atoms with Crippen LogP contribution in [0, 0.1) is 0 Å². The Hall–Kier alpha value is -0.566. The van der Waals surface area contributed by atoms with Gasteiger partial charge in [0.2, 0.25) is 0 Å². The maximum Gasteiger partial charge on any atom is 2.00 e. The molecule has 1 aliphatic rings. The summed E-state index contributed by atoms with van der Waals surface area (Å²) in [7, 11) is 0. The first-order chi connectivity index (χ1) is 10.1. The van der Waals surface area contributed by atoms with E-state index in [0.717, 1.165) is 5.56 Å². The van der Waals surface area contributed by atoms with Gasteiger partial charge in [-0.1, -0.05) is 47.5 Å². The Labute approximate surface area is 171 Å². The Morgan fingerprint density at radius 1 is 0.833 bits per heavy atom. The summed E-state index contributed by atoms with van der Waals surface area (Å²) in [6.45, 7) is 8.93. The van der Waals surface area contributed by atoms with Crippen molar-refractivity contribution in [2.45, 2.75) is 40.2 Å². The van der Waals surface area contributed by atoms with Crippen LogP contribution in [0.25, 0.3) is 10.8 Å². The van der Waals surface area contributed by atoms with Gasteiger partial charge in [0.1, 0.15) is 0 Å². The first-order valence-corrected chi connectivity index (χ1v) is 7.52. The molecule has 0 bridgehead atoms. The number of rotatable bonds is 2. The summed E-state index contributed by atoms with van der Waals surface area (Å²) >= 11 is 0. The Kier molecular flexibility index (Phi) is 9.00. The number of hydrogen-bond acceptors (Lipinski definition) is 1. The smallest absolute Gasteiger partial charge is 1.00 e. The van der Waals surface area contributed by atoms with Gasteiger partial charge < -0.3 is 29.9 Å². The van der Waals surface area contributed by atoms with Crippen molar-refractivity contribution in [3.05, 3.63) is 69.8 Å². The summed E-state index contributed by atoms with van der Waals surface area (Å²) in [5, 5.41) is 12.3. The molecule has 3 rings (SSSR count). The molecule has 0 radical (unpaired) electrons. The predicted molar refractivity (Wildman–Crippen MR) is 89.4 cm³/mol. The molecule has 1 aliphatic carbocycles. The van der Waals surface area contributed by atoms with Crippen molar-refractivity contribution >= 4 is 10.8 Å². The molecule has 1 nitrogen and oxygen atoms in total. The Balaban J connectivity index is 0.00000176. The molecule has 2 aromatic carbocycles. The average Bonchev–Trinajstić information content (AvgIpc) is 2.70. The number of fused-ring (bicyclic) bond motifs is 1. The van der Waals surface area contributed by atoms with Crippen LogP contribution in [0.4, 0.5) is 0 Å². The van der Waals surface area contributed by atoms with Crippen LogP contribution >= 0.6 is 0 Å². The van der Waals surface area contributed by atoms with E-state index in [9.17, 15) is 5.11 Å². The third kappa shape index (κ3) is 3.66. The van der Waals surface area contributed by atoms with Crippen molar-refractivity contribution in [1.82, 2.24) is 0 Å². The molecule has 0 atom stereocenters. The minimum absolute atomic E-state index is 0. The zero-order chi connectivity index (χ0) is 15.1. The summed E-state index contributed by atoms with van der Waals surface area (Å²) in [5.74, 6) is 0.316. The topological polar surface area (TPSA) is 20.2 Å². The van der Waals surface area contributed by atoms with Gasteiger partial charge in [0.05, 0.1) is 6.61 Å². The Morgan fingerprint density at radius 3 is 1.92 bits per heavy atom. The second kappa shape index (κ2) is 9.22. The molecule has 0 spiro atoms. The van der Waals surface area contributed by atoms with Crippen LogP contribution in [-0.2, 0) is 28.3 Å². The third-order valence-corrected chi connectivity index (χ3v) is 5.16. The van der Waals surface area contributed by atoms with Gasteiger partial charge in [-0.25, -0.2) is 0 Å². The van der Waals surface area contributed by atoms with E-state index in [0.29, 0.717) is 5.92 Å². The van der Waals surface area contributed by atoms with Crippen molar-refractivity contribution in [2.75, 3.05) is 0 Å². The number of aliphatic hydroxyl groups is 1. The molecule has 0 amide bonds. The fraction of sp³-hybridized carbons (Fsp3) is 0.300. The van der Waals surface area contributed by atoms with E-state index in [1.165, 1.54) is 38.6 Å². The average molecular weight is 397 g/mol. The van der Waals surface area contributed by atoms with Crippen LogP contribution < -0.4 is 24.8 Å². The van der Waals surface area contributed by atoms with Gasteiger partial charge in [-0.3, -0.25) is 0 Å². The molecular weight excluding hydrogens is 375 g/mol. The largest absolute Gasteiger partial charge is 2.00 e. The summed E-state index contributed by atoms with van der Waals surface area (Å²) < 4.78 is 0. The van der Waals surface area contributed by atoms with Crippen molar-refractivity contribution in [3.63, 3.8) is 0 Å². The quantitative estimate of drug-likeness (QED) is 0.653. The molecule has 0 saturated carbocycles. The van der Waals surface area contributed by atoms with Crippen LogP contribution in [0.1, 0.15) is 44.7 Å². The maximum atomic E-state index is 9.95. The van der Waals surface area contributed by atoms with Gasteiger partial charge in [-0.2, -0.15) is 0 Å². The molecule has 1 N–H and O–H groups in total. The van der Waals surface area contributed by atoms with Crippen LogP contribution in [0.5, 0.6) is 0 Å². The number of aliphatic hydroxyl groups excluding tert-OH is 1. The van der Waals surface area contributed by atoms with Crippen molar-refractivity contribution in [2.24, 2.45) is 0 Å². The molecule has 0 saturated heterocycles. The Morgan fingerprint density at radius 2 is 1.38 bits per heavy atom. The van der Waals surface area contributed by atoms with Gasteiger partial charge in [0.25, 0.3) is 0 Å². The minimum atomic E-state index is 0. The van der Waals surface area contributed by atoms with Gasteiger partial charge in [-0.15, -0.1) is 0 Å². The molecule has 0 fully saturated rings. The molecule has 0 heterocycles. The summed E-state index contributed by atoms with van der Waals surface area (Å²) in [4.78, 5) is 0. The second-order valence-corrected chi connectivity index (χ2v) is 6.06. The first kappa shape index (κ1) is 23.4. The maximum absolute atomic E-state index is 9.95. The molecule has 0 unspecified atom stereocenters. The van der Waals surface area contributed by atoms with Gasteiger partial charge in [-0.05, 0) is 60.7 Å². The van der Waals surface area contributed by atoms with E-state index < -0.39 is 0 Å². The monoisotopic (exact) mass is 396 g/mol. The first-order valence-electron chi connectivity index (χ1n) is 7.52. The van der Waals surface area contributed by atoms with E-state index in [-0.39, 0.29) is 53.1 Å². The summed E-state index contributed by atoms with van der Waals surface area (Å²) in [6.07, 6.45) is 0. The molecule has 126 valence electrons.